The summed E-state index contributed by atoms with van der Waals surface area (Å²) in [5, 5.41) is 9.16. The van der Waals surface area contributed by atoms with E-state index in [-0.39, 0.29) is 0 Å². The minimum atomic E-state index is 0.580. The molecular weight excluding hydrogens is 302 g/mol. The van der Waals surface area contributed by atoms with Gasteiger partial charge in [0.15, 0.2) is 0 Å². The van der Waals surface area contributed by atoms with E-state index in [2.05, 4.69) is 16.0 Å². The maximum absolute atomic E-state index is 9.16. The van der Waals surface area contributed by atoms with Gasteiger partial charge in [-0.2, -0.15) is 5.26 Å². The molecule has 0 spiro atoms. The number of nitriles is 1. The average molecular weight is 323 g/mol. The van der Waals surface area contributed by atoms with Crippen molar-refractivity contribution in [1.29, 1.82) is 5.26 Å². The van der Waals surface area contributed by atoms with Gasteiger partial charge in [0.05, 0.1) is 25.4 Å². The smallest absolute Gasteiger partial charge is 0.119 e. The zero-order valence-electron chi connectivity index (χ0n) is 13.6. The predicted molar refractivity (Wildman–Crippen MR) is 91.8 cm³/mol. The van der Waals surface area contributed by atoms with Crippen molar-refractivity contribution < 1.29 is 9.47 Å². The standard InChI is InChI=1S/C19H21N3O2/c20-14-17-15-21-7-6-19(17)16-2-4-18(5-3-16)24-11-1-8-22-9-12-23-13-10-22/h2-7,15H,1,8-13H2. The van der Waals surface area contributed by atoms with Crippen molar-refractivity contribution in [2.24, 2.45) is 0 Å². The Morgan fingerprint density at radius 1 is 1.17 bits per heavy atom. The summed E-state index contributed by atoms with van der Waals surface area (Å²) in [6.07, 6.45) is 4.29. The number of hydrogen-bond acceptors (Lipinski definition) is 5. The number of benzene rings is 1. The van der Waals surface area contributed by atoms with Crippen molar-refractivity contribution >= 4 is 0 Å². The lowest BCUT2D eigenvalue weighted by Gasteiger charge is -2.26. The summed E-state index contributed by atoms with van der Waals surface area (Å²) in [5.74, 6) is 0.855. The summed E-state index contributed by atoms with van der Waals surface area (Å²) >= 11 is 0. The van der Waals surface area contributed by atoms with E-state index in [0.717, 1.165) is 56.1 Å². The van der Waals surface area contributed by atoms with Gasteiger partial charge in [0.2, 0.25) is 0 Å². The van der Waals surface area contributed by atoms with E-state index < -0.39 is 0 Å². The lowest BCUT2D eigenvalue weighted by atomic mass is 10.0. The summed E-state index contributed by atoms with van der Waals surface area (Å²) in [6.45, 7) is 5.45. The van der Waals surface area contributed by atoms with Crippen molar-refractivity contribution in [2.75, 3.05) is 39.5 Å². The van der Waals surface area contributed by atoms with Crippen molar-refractivity contribution in [3.8, 4) is 22.9 Å². The van der Waals surface area contributed by atoms with Crippen LogP contribution in [0.5, 0.6) is 5.75 Å². The van der Waals surface area contributed by atoms with E-state index >= 15 is 0 Å². The van der Waals surface area contributed by atoms with Gasteiger partial charge in [0, 0.05) is 37.6 Å². The lowest BCUT2D eigenvalue weighted by Crippen LogP contribution is -2.37. The van der Waals surface area contributed by atoms with Gasteiger partial charge in [-0.05, 0) is 30.2 Å². The van der Waals surface area contributed by atoms with E-state index in [4.69, 9.17) is 14.7 Å². The summed E-state index contributed by atoms with van der Waals surface area (Å²) in [6, 6.07) is 11.9. The van der Waals surface area contributed by atoms with Crippen molar-refractivity contribution in [3.63, 3.8) is 0 Å². The van der Waals surface area contributed by atoms with Gasteiger partial charge in [0.25, 0.3) is 0 Å². The summed E-state index contributed by atoms with van der Waals surface area (Å²) in [5.41, 5.74) is 2.47. The van der Waals surface area contributed by atoms with E-state index in [1.807, 2.05) is 30.3 Å². The number of nitrogens with zero attached hydrogens (tertiary/aromatic N) is 3. The van der Waals surface area contributed by atoms with Crippen molar-refractivity contribution in [2.45, 2.75) is 6.42 Å². The zero-order valence-corrected chi connectivity index (χ0v) is 13.6. The Labute approximate surface area is 142 Å². The molecule has 2 heterocycles. The summed E-state index contributed by atoms with van der Waals surface area (Å²) in [7, 11) is 0. The number of pyridine rings is 1. The number of morpholine rings is 1. The maximum Gasteiger partial charge on any atom is 0.119 e. The summed E-state index contributed by atoms with van der Waals surface area (Å²) < 4.78 is 11.2. The Kier molecular flexibility index (Phi) is 5.78. The van der Waals surface area contributed by atoms with Crippen LogP contribution >= 0.6 is 0 Å². The molecule has 1 fully saturated rings. The molecule has 0 saturated carbocycles. The second kappa shape index (κ2) is 8.44. The second-order valence-electron chi connectivity index (χ2n) is 5.71. The minimum Gasteiger partial charge on any atom is -0.494 e. The van der Waals surface area contributed by atoms with Crippen molar-refractivity contribution in [1.82, 2.24) is 9.88 Å². The van der Waals surface area contributed by atoms with Crippen LogP contribution in [-0.2, 0) is 4.74 Å². The van der Waals surface area contributed by atoms with Gasteiger partial charge in [-0.3, -0.25) is 9.88 Å². The topological polar surface area (TPSA) is 58.4 Å². The van der Waals surface area contributed by atoms with Crippen LogP contribution in [0.3, 0.4) is 0 Å². The number of hydrogen-bond donors (Lipinski definition) is 0. The van der Waals surface area contributed by atoms with E-state index in [1.54, 1.807) is 12.4 Å². The molecule has 5 nitrogen and oxygen atoms in total. The Hall–Kier alpha value is -2.42. The largest absolute Gasteiger partial charge is 0.494 e. The highest BCUT2D eigenvalue weighted by Gasteiger charge is 2.09. The number of aromatic nitrogens is 1. The Morgan fingerprint density at radius 2 is 1.96 bits per heavy atom. The summed E-state index contributed by atoms with van der Waals surface area (Å²) in [4.78, 5) is 6.39. The molecule has 0 unspecified atom stereocenters. The monoisotopic (exact) mass is 323 g/mol. The first-order valence-corrected chi connectivity index (χ1v) is 8.24. The van der Waals surface area contributed by atoms with E-state index in [1.165, 1.54) is 0 Å². The molecule has 24 heavy (non-hydrogen) atoms. The first-order chi connectivity index (χ1) is 11.9. The third-order valence-corrected chi connectivity index (χ3v) is 4.10. The molecule has 3 rings (SSSR count). The quantitative estimate of drug-likeness (QED) is 0.765. The highest BCUT2D eigenvalue weighted by Crippen LogP contribution is 2.24. The fourth-order valence-corrected chi connectivity index (χ4v) is 2.77. The SMILES string of the molecule is N#Cc1cnccc1-c1ccc(OCCCN2CCOCC2)cc1. The molecule has 2 aromatic rings. The molecule has 1 saturated heterocycles. The molecule has 1 aliphatic rings. The predicted octanol–water partition coefficient (Wildman–Crippen LogP) is 2.72. The molecular formula is C19H21N3O2. The maximum atomic E-state index is 9.16. The van der Waals surface area contributed by atoms with Gasteiger partial charge in [0.1, 0.15) is 11.8 Å². The zero-order chi connectivity index (χ0) is 16.6. The lowest BCUT2D eigenvalue weighted by molar-refractivity contribution is 0.0358. The first kappa shape index (κ1) is 16.4. The number of rotatable bonds is 6. The fourth-order valence-electron chi connectivity index (χ4n) is 2.77. The van der Waals surface area contributed by atoms with Crippen LogP contribution < -0.4 is 4.74 Å². The molecule has 0 radical (unpaired) electrons. The van der Waals surface area contributed by atoms with Gasteiger partial charge >= 0.3 is 0 Å². The van der Waals surface area contributed by atoms with Crippen LogP contribution in [0.15, 0.2) is 42.7 Å². The Morgan fingerprint density at radius 3 is 2.71 bits per heavy atom. The van der Waals surface area contributed by atoms with Gasteiger partial charge in [-0.25, -0.2) is 0 Å². The molecule has 1 aromatic heterocycles. The van der Waals surface area contributed by atoms with E-state index in [0.29, 0.717) is 12.2 Å². The van der Waals surface area contributed by atoms with Gasteiger partial charge in [-0.1, -0.05) is 12.1 Å². The first-order valence-electron chi connectivity index (χ1n) is 8.24. The minimum absolute atomic E-state index is 0.580. The fraction of sp³-hybridized carbons (Fsp3) is 0.368. The average Bonchev–Trinajstić information content (AvgIpc) is 2.66. The van der Waals surface area contributed by atoms with Gasteiger partial charge in [-0.15, -0.1) is 0 Å². The Bertz CT molecular complexity index is 689. The number of ether oxygens (including phenoxy) is 2. The normalized spacial score (nSPS) is 15.0. The van der Waals surface area contributed by atoms with Crippen LogP contribution in [0.1, 0.15) is 12.0 Å². The highest BCUT2D eigenvalue weighted by atomic mass is 16.5. The van der Waals surface area contributed by atoms with E-state index in [9.17, 15) is 0 Å². The third-order valence-electron chi connectivity index (χ3n) is 4.10. The molecule has 124 valence electrons. The molecule has 5 heteroatoms. The molecule has 1 aliphatic heterocycles. The van der Waals surface area contributed by atoms with Gasteiger partial charge < -0.3 is 9.47 Å². The second-order valence-corrected chi connectivity index (χ2v) is 5.71. The molecule has 0 bridgehead atoms. The van der Waals surface area contributed by atoms with Crippen LogP contribution in [0, 0.1) is 11.3 Å². The van der Waals surface area contributed by atoms with Crippen LogP contribution in [0.25, 0.3) is 11.1 Å². The molecule has 0 aliphatic carbocycles. The Balaban J connectivity index is 1.50. The van der Waals surface area contributed by atoms with Crippen LogP contribution in [0.4, 0.5) is 0 Å². The molecule has 0 atom stereocenters. The molecule has 0 amide bonds. The molecule has 1 aromatic carbocycles. The molecule has 0 N–H and O–H groups in total. The van der Waals surface area contributed by atoms with Crippen LogP contribution in [-0.4, -0.2) is 49.3 Å². The third kappa shape index (κ3) is 4.31. The van der Waals surface area contributed by atoms with Crippen molar-refractivity contribution in [3.05, 3.63) is 48.3 Å². The van der Waals surface area contributed by atoms with Crippen LogP contribution in [0.2, 0.25) is 0 Å². The highest BCUT2D eigenvalue weighted by molar-refractivity contribution is 5.70.